The first-order valence-electron chi connectivity index (χ1n) is 11.5. The van der Waals surface area contributed by atoms with Gasteiger partial charge in [0, 0.05) is 18.9 Å². The minimum atomic E-state index is -5.33. The average Bonchev–Trinajstić information content (AvgIpc) is 2.88. The van der Waals surface area contributed by atoms with Gasteiger partial charge in [-0.3, -0.25) is 14.7 Å². The van der Waals surface area contributed by atoms with Crippen molar-refractivity contribution < 1.29 is 40.8 Å². The molecule has 2 aromatic rings. The smallest absolute Gasteiger partial charge is 0.481 e. The molecule has 1 aromatic carbocycles. The number of pyridine rings is 1. The van der Waals surface area contributed by atoms with Crippen LogP contribution in [0.3, 0.4) is 0 Å². The second-order valence-corrected chi connectivity index (χ2v) is 10.7. The average molecular weight is 554 g/mol. The van der Waals surface area contributed by atoms with E-state index >= 15 is 0 Å². The number of hydroxylamine groups is 1. The fourth-order valence-corrected chi connectivity index (χ4v) is 5.83. The number of carbonyl (C=O) groups excluding carboxylic acids is 2. The van der Waals surface area contributed by atoms with Crippen LogP contribution in [0.2, 0.25) is 0 Å². The van der Waals surface area contributed by atoms with Crippen LogP contribution in [0.15, 0.2) is 53.7 Å². The topological polar surface area (TPSA) is 115 Å². The number of hydrogen-bond acceptors (Lipinski definition) is 8. The van der Waals surface area contributed by atoms with Gasteiger partial charge in [0.15, 0.2) is 9.84 Å². The van der Waals surface area contributed by atoms with Crippen molar-refractivity contribution in [2.75, 3.05) is 25.4 Å². The van der Waals surface area contributed by atoms with Gasteiger partial charge in [-0.1, -0.05) is 5.92 Å². The summed E-state index contributed by atoms with van der Waals surface area (Å²) in [5.74, 6) is 1.36. The van der Waals surface area contributed by atoms with Crippen LogP contribution in [0.5, 0.6) is 5.75 Å². The number of nitrogens with zero attached hydrogens (tertiary/aromatic N) is 2. The predicted octanol–water partition coefficient (Wildman–Crippen LogP) is 2.68. The van der Waals surface area contributed by atoms with Crippen LogP contribution < -0.4 is 10.2 Å². The van der Waals surface area contributed by atoms with Gasteiger partial charge in [0.05, 0.1) is 16.1 Å². The summed E-state index contributed by atoms with van der Waals surface area (Å²) in [6, 6.07) is 9.16. The maximum Gasteiger partial charge on any atom is 0.493 e. The molecule has 0 atom stereocenters. The third-order valence-corrected chi connectivity index (χ3v) is 7.98. The van der Waals surface area contributed by atoms with Crippen LogP contribution in [0.25, 0.3) is 0 Å². The van der Waals surface area contributed by atoms with Gasteiger partial charge < -0.3 is 9.57 Å². The van der Waals surface area contributed by atoms with Crippen molar-refractivity contribution in [1.29, 1.82) is 0 Å². The third kappa shape index (κ3) is 7.69. The number of hydrogen-bond donors (Lipinski definition) is 1. The van der Waals surface area contributed by atoms with E-state index in [-0.39, 0.29) is 37.4 Å². The Morgan fingerprint density at radius 2 is 1.74 bits per heavy atom. The molecule has 1 fully saturated rings. The second-order valence-electron chi connectivity index (χ2n) is 8.68. The number of likely N-dealkylation sites (tertiary alicyclic amines) is 1. The lowest BCUT2D eigenvalue weighted by Crippen LogP contribution is -2.52. The molecule has 1 aliphatic heterocycles. The van der Waals surface area contributed by atoms with Gasteiger partial charge >= 0.3 is 12.1 Å². The Hall–Kier alpha value is -3.63. The highest BCUT2D eigenvalue weighted by molar-refractivity contribution is 7.91. The van der Waals surface area contributed by atoms with Crippen molar-refractivity contribution in [3.8, 4) is 17.6 Å². The number of alkyl halides is 3. The lowest BCUT2D eigenvalue weighted by Gasteiger charge is -2.40. The van der Waals surface area contributed by atoms with E-state index in [4.69, 9.17) is 4.74 Å². The number of sulfone groups is 1. The molecule has 0 aliphatic carbocycles. The zero-order chi connectivity index (χ0) is 27.8. The van der Waals surface area contributed by atoms with E-state index in [9.17, 15) is 31.2 Å². The van der Waals surface area contributed by atoms with E-state index in [2.05, 4.69) is 21.7 Å². The van der Waals surface area contributed by atoms with Gasteiger partial charge in [-0.25, -0.2) is 13.2 Å². The van der Waals surface area contributed by atoms with Crippen LogP contribution in [-0.4, -0.2) is 61.8 Å². The molecule has 0 bridgehead atoms. The molecule has 0 radical (unpaired) electrons. The first-order valence-corrected chi connectivity index (χ1v) is 13.2. The highest BCUT2D eigenvalue weighted by atomic mass is 32.2. The fourth-order valence-electron chi connectivity index (χ4n) is 3.96. The molecule has 0 spiro atoms. The monoisotopic (exact) mass is 553 g/mol. The Morgan fingerprint density at radius 3 is 2.32 bits per heavy atom. The lowest BCUT2D eigenvalue weighted by atomic mass is 9.79. The molecule has 9 nitrogen and oxygen atoms in total. The highest BCUT2D eigenvalue weighted by Crippen LogP contribution is 2.36. The van der Waals surface area contributed by atoms with Crippen molar-refractivity contribution in [1.82, 2.24) is 15.4 Å². The molecule has 38 heavy (non-hydrogen) atoms. The van der Waals surface area contributed by atoms with Gasteiger partial charge in [0.2, 0.25) is 0 Å². The van der Waals surface area contributed by atoms with E-state index in [1.165, 1.54) is 24.3 Å². The summed E-state index contributed by atoms with van der Waals surface area (Å²) in [6.07, 6.45) is -2.06. The molecule has 13 heteroatoms. The molecule has 1 N–H and O–H groups in total. The van der Waals surface area contributed by atoms with E-state index in [0.29, 0.717) is 12.3 Å². The van der Waals surface area contributed by atoms with Crippen LogP contribution in [0, 0.1) is 17.3 Å². The number of ether oxygens (including phenoxy) is 1. The summed E-state index contributed by atoms with van der Waals surface area (Å²) in [7, 11) is -4.08. The van der Waals surface area contributed by atoms with E-state index < -0.39 is 39.1 Å². The summed E-state index contributed by atoms with van der Waals surface area (Å²) in [4.78, 5) is 34.0. The third-order valence-electron chi connectivity index (χ3n) is 6.06. The predicted molar refractivity (Wildman–Crippen MR) is 129 cm³/mol. The van der Waals surface area contributed by atoms with E-state index in [0.717, 1.165) is 5.56 Å². The van der Waals surface area contributed by atoms with Gasteiger partial charge in [-0.2, -0.15) is 18.7 Å². The Balaban J connectivity index is 1.78. The van der Waals surface area contributed by atoms with Crippen LogP contribution >= 0.6 is 0 Å². The Labute approximate surface area is 218 Å². The SMILES string of the molecule is CC#CCOc1ccc(S(=O)(=O)CC2(C(=O)NOC(=O)C(F)(F)F)CCN(Cc3ccncc3)CC2)cc1. The number of halogens is 3. The summed E-state index contributed by atoms with van der Waals surface area (Å²) in [5, 5.41) is 0. The lowest BCUT2D eigenvalue weighted by molar-refractivity contribution is -0.208. The summed E-state index contributed by atoms with van der Waals surface area (Å²) >= 11 is 0. The summed E-state index contributed by atoms with van der Waals surface area (Å²) in [5.41, 5.74) is 0.864. The molecule has 1 aliphatic rings. The normalized spacial score (nSPS) is 15.6. The van der Waals surface area contributed by atoms with Gasteiger partial charge in [0.1, 0.15) is 12.4 Å². The molecule has 0 unspecified atom stereocenters. The molecule has 1 saturated heterocycles. The van der Waals surface area contributed by atoms with Crippen molar-refractivity contribution in [3.05, 3.63) is 54.4 Å². The molecule has 3 rings (SSSR count). The van der Waals surface area contributed by atoms with Crippen molar-refractivity contribution in [2.45, 2.75) is 37.4 Å². The van der Waals surface area contributed by atoms with E-state index in [1.807, 2.05) is 17.0 Å². The number of nitrogens with one attached hydrogen (secondary N) is 1. The van der Waals surface area contributed by atoms with Gasteiger partial charge in [-0.15, -0.1) is 5.92 Å². The molecule has 204 valence electrons. The zero-order valence-electron chi connectivity index (χ0n) is 20.5. The number of piperidine rings is 1. The molecule has 2 heterocycles. The Kier molecular flexibility index (Phi) is 9.35. The number of aromatic nitrogens is 1. The molecular formula is C25H26F3N3O6S. The van der Waals surface area contributed by atoms with Crippen LogP contribution in [0.1, 0.15) is 25.3 Å². The molecular weight excluding hydrogens is 527 g/mol. The van der Waals surface area contributed by atoms with Crippen molar-refractivity contribution in [3.63, 3.8) is 0 Å². The molecule has 1 amide bonds. The minimum Gasteiger partial charge on any atom is -0.481 e. The fraction of sp³-hybridized carbons (Fsp3) is 0.400. The summed E-state index contributed by atoms with van der Waals surface area (Å²) in [6.45, 7) is 2.85. The van der Waals surface area contributed by atoms with Crippen molar-refractivity contribution in [2.24, 2.45) is 5.41 Å². The number of rotatable bonds is 8. The Bertz CT molecular complexity index is 1280. The van der Waals surface area contributed by atoms with Gasteiger partial charge in [0.25, 0.3) is 5.91 Å². The van der Waals surface area contributed by atoms with Crippen LogP contribution in [0.4, 0.5) is 13.2 Å². The molecule has 0 saturated carbocycles. The van der Waals surface area contributed by atoms with Crippen molar-refractivity contribution >= 4 is 21.7 Å². The molecule has 1 aromatic heterocycles. The first kappa shape index (κ1) is 28.9. The standard InChI is InChI=1S/C25H26F3N3O6S/c1-2-3-16-36-20-4-6-21(7-5-20)38(34,35)18-24(22(32)30-37-23(33)25(26,27)28)10-14-31(15-11-24)17-19-8-12-29-13-9-19/h4-9,12-13H,10-11,14-18H2,1H3,(H,30,32). The van der Waals surface area contributed by atoms with E-state index in [1.54, 1.807) is 24.8 Å². The largest absolute Gasteiger partial charge is 0.493 e. The Morgan fingerprint density at radius 1 is 1.11 bits per heavy atom. The maximum atomic E-state index is 13.3. The number of benzene rings is 1. The minimum absolute atomic E-state index is 0.00357. The number of carbonyl (C=O) groups is 2. The summed E-state index contributed by atoms with van der Waals surface area (Å²) < 4.78 is 69.7. The maximum absolute atomic E-state index is 13.3. The quantitative estimate of drug-likeness (QED) is 0.392. The first-order chi connectivity index (χ1) is 17.9. The highest BCUT2D eigenvalue weighted by Gasteiger charge is 2.47. The van der Waals surface area contributed by atoms with Gasteiger partial charge in [-0.05, 0) is 74.8 Å². The number of amides is 1. The second kappa shape index (κ2) is 12.3. The zero-order valence-corrected chi connectivity index (χ0v) is 21.3. The van der Waals surface area contributed by atoms with Crippen LogP contribution in [-0.2, 0) is 30.8 Å².